The van der Waals surface area contributed by atoms with Crippen LogP contribution < -0.4 is 9.47 Å². The summed E-state index contributed by atoms with van der Waals surface area (Å²) >= 11 is 31.3. The van der Waals surface area contributed by atoms with Crippen molar-refractivity contribution in [3.8, 4) is 11.5 Å². The Hall–Kier alpha value is -2.23. The number of benzene rings is 2. The van der Waals surface area contributed by atoms with Crippen LogP contribution >= 0.6 is 58.0 Å². The molecule has 2 aliphatic carbocycles. The third-order valence-corrected chi connectivity index (χ3v) is 10.7. The van der Waals surface area contributed by atoms with Crippen molar-refractivity contribution < 1.29 is 38.1 Å². The summed E-state index contributed by atoms with van der Waals surface area (Å²) < 4.78 is 21.3. The van der Waals surface area contributed by atoms with E-state index >= 15 is 0 Å². The van der Waals surface area contributed by atoms with Crippen molar-refractivity contribution in [3.05, 3.63) is 53.9 Å². The molecule has 2 fully saturated rings. The molecule has 0 aromatic heterocycles. The number of carbonyl (C=O) groups excluding carboxylic acids is 4. The first-order valence-corrected chi connectivity index (χ1v) is 18.3. The summed E-state index contributed by atoms with van der Waals surface area (Å²) in [7, 11) is 0. The molecule has 0 saturated heterocycles. The Morgan fingerprint density at radius 3 is 1.50 bits per heavy atom. The summed E-state index contributed by atoms with van der Waals surface area (Å²) in [6.45, 7) is 1.75. The largest absolute Gasteiger partial charge is 0.462 e. The van der Waals surface area contributed by atoms with Gasteiger partial charge in [-0.1, -0.05) is 122 Å². The monoisotopic (exact) mass is 762 g/mol. The van der Waals surface area contributed by atoms with Crippen molar-refractivity contribution in [3.63, 3.8) is 0 Å². The summed E-state index contributed by atoms with van der Waals surface area (Å²) in [6.07, 6.45) is 15.2. The smallest absolute Gasteiger partial charge is 0.423 e. The molecule has 0 radical (unpaired) electrons. The fourth-order valence-corrected chi connectivity index (χ4v) is 7.53. The van der Waals surface area contributed by atoms with Gasteiger partial charge in [-0.3, -0.25) is 0 Å². The lowest BCUT2D eigenvalue weighted by Crippen LogP contribution is -2.27. The van der Waals surface area contributed by atoms with Crippen LogP contribution in [0.15, 0.2) is 12.1 Å². The topological polar surface area (TPSA) is 105 Å². The van der Waals surface area contributed by atoms with Gasteiger partial charge in [-0.15, -0.1) is 0 Å². The predicted octanol–water partition coefficient (Wildman–Crippen LogP) is 10.8. The lowest BCUT2D eigenvalue weighted by atomic mass is 10.0. The lowest BCUT2D eigenvalue weighted by Gasteiger charge is -2.16. The summed E-state index contributed by atoms with van der Waals surface area (Å²) in [5, 5.41) is -0.749. The van der Waals surface area contributed by atoms with Crippen LogP contribution in [-0.2, 0) is 19.1 Å². The van der Waals surface area contributed by atoms with E-state index in [0.29, 0.717) is 18.8 Å². The summed E-state index contributed by atoms with van der Waals surface area (Å²) in [5.74, 6) is -4.48. The van der Waals surface area contributed by atoms with E-state index in [4.69, 9.17) is 77.0 Å². The molecular formula is C35H39Cl5O8. The third kappa shape index (κ3) is 10.4. The van der Waals surface area contributed by atoms with E-state index in [1.807, 2.05) is 0 Å². The summed E-state index contributed by atoms with van der Waals surface area (Å²) in [5.41, 5.74) is -0.410. The van der Waals surface area contributed by atoms with Gasteiger partial charge in [-0.2, -0.15) is 0 Å². The molecule has 0 unspecified atom stereocenters. The Balaban J connectivity index is 1.41. The molecule has 0 spiro atoms. The zero-order valence-electron chi connectivity index (χ0n) is 26.8. The van der Waals surface area contributed by atoms with Crippen LogP contribution in [0.25, 0.3) is 0 Å². The van der Waals surface area contributed by atoms with Crippen LogP contribution in [0.2, 0.25) is 25.1 Å². The molecule has 4 rings (SSSR count). The summed E-state index contributed by atoms with van der Waals surface area (Å²) in [6, 6.07) is 2.42. The van der Waals surface area contributed by atoms with Crippen LogP contribution in [-0.4, -0.2) is 37.1 Å². The second kappa shape index (κ2) is 18.7. The van der Waals surface area contributed by atoms with E-state index < -0.39 is 40.9 Å². The quantitative estimate of drug-likeness (QED) is 0.0615. The summed E-state index contributed by atoms with van der Waals surface area (Å²) in [4.78, 5) is 52.2. The first kappa shape index (κ1) is 38.6. The minimum absolute atomic E-state index is 0.0925. The zero-order valence-corrected chi connectivity index (χ0v) is 30.6. The minimum Gasteiger partial charge on any atom is -0.462 e. The lowest BCUT2D eigenvalue weighted by molar-refractivity contribution is -0.156. The van der Waals surface area contributed by atoms with Crippen molar-refractivity contribution >= 4 is 81.9 Å². The molecule has 0 aliphatic heterocycles. The van der Waals surface area contributed by atoms with Gasteiger partial charge in [0.15, 0.2) is 11.5 Å². The van der Waals surface area contributed by atoms with Crippen LogP contribution in [0, 0.1) is 18.8 Å². The molecule has 0 N–H and O–H groups in total. The van der Waals surface area contributed by atoms with E-state index in [0.717, 1.165) is 37.7 Å². The number of unbranched alkanes of at least 4 members (excludes halogenated alkanes) is 2. The maximum Gasteiger partial charge on any atom is 0.423 e. The van der Waals surface area contributed by atoms with E-state index in [1.165, 1.54) is 64.4 Å². The van der Waals surface area contributed by atoms with Crippen molar-refractivity contribution in [2.24, 2.45) is 11.8 Å². The SMILES string of the molecule is Cc1c(Cl)cc(Cl)c(OC(=O)C(=O)Oc2c(Cl)cc(Cl)c(Cl)c2C(=O)OCCCCC2CCCC2)c1C(=O)OCCCCC1CCCC1. The fourth-order valence-electron chi connectivity index (χ4n) is 6.31. The molecule has 13 heteroatoms. The van der Waals surface area contributed by atoms with Gasteiger partial charge in [0.1, 0.15) is 11.1 Å². The second-order valence-electron chi connectivity index (χ2n) is 12.4. The van der Waals surface area contributed by atoms with Crippen LogP contribution in [0.3, 0.4) is 0 Å². The Bertz CT molecular complexity index is 1390. The molecule has 0 bridgehead atoms. The van der Waals surface area contributed by atoms with Crippen molar-refractivity contribution in [2.45, 2.75) is 96.8 Å². The molecule has 2 aliphatic rings. The van der Waals surface area contributed by atoms with Gasteiger partial charge < -0.3 is 18.9 Å². The van der Waals surface area contributed by atoms with Crippen LogP contribution in [0.5, 0.6) is 11.5 Å². The fraction of sp³-hybridized carbons (Fsp3) is 0.543. The van der Waals surface area contributed by atoms with Crippen molar-refractivity contribution in [1.82, 2.24) is 0 Å². The van der Waals surface area contributed by atoms with Gasteiger partial charge in [0.05, 0.1) is 33.3 Å². The Morgan fingerprint density at radius 2 is 1.02 bits per heavy atom. The van der Waals surface area contributed by atoms with Gasteiger partial charge in [0.2, 0.25) is 0 Å². The number of rotatable bonds is 14. The molecule has 262 valence electrons. The second-order valence-corrected chi connectivity index (χ2v) is 14.4. The maximum absolute atomic E-state index is 13.1. The first-order valence-electron chi connectivity index (χ1n) is 16.4. The standard InChI is InChI=1S/C35H39Cl5O8/c1-20-23(36)18-25(38)30(27(20)32(41)45-16-8-6-14-21-10-2-3-11-21)47-34(43)35(44)48-31-26(39)19-24(37)29(40)28(31)33(42)46-17-9-7-15-22-12-4-5-13-22/h18-19,21-22H,2-17H2,1H3. The normalized spacial score (nSPS) is 15.0. The van der Waals surface area contributed by atoms with Gasteiger partial charge >= 0.3 is 23.9 Å². The highest BCUT2D eigenvalue weighted by molar-refractivity contribution is 6.46. The molecule has 8 nitrogen and oxygen atoms in total. The Morgan fingerprint density at radius 1 is 0.604 bits per heavy atom. The van der Waals surface area contributed by atoms with E-state index in [-0.39, 0.29) is 49.5 Å². The number of halogens is 5. The van der Waals surface area contributed by atoms with Crippen molar-refractivity contribution in [1.29, 1.82) is 0 Å². The number of hydrogen-bond acceptors (Lipinski definition) is 8. The minimum atomic E-state index is -1.59. The van der Waals surface area contributed by atoms with E-state index in [9.17, 15) is 19.2 Å². The molecule has 48 heavy (non-hydrogen) atoms. The highest BCUT2D eigenvalue weighted by Gasteiger charge is 2.32. The van der Waals surface area contributed by atoms with E-state index in [1.54, 1.807) is 0 Å². The van der Waals surface area contributed by atoms with Gasteiger partial charge in [0, 0.05) is 5.02 Å². The molecule has 0 atom stereocenters. The van der Waals surface area contributed by atoms with Gasteiger partial charge in [0.25, 0.3) is 0 Å². The third-order valence-electron chi connectivity index (χ3n) is 8.95. The maximum atomic E-state index is 13.1. The van der Waals surface area contributed by atoms with Gasteiger partial charge in [-0.25, -0.2) is 19.2 Å². The van der Waals surface area contributed by atoms with E-state index in [2.05, 4.69) is 0 Å². The number of hydrogen-bond donors (Lipinski definition) is 0. The molecule has 2 aromatic rings. The number of ether oxygens (including phenoxy) is 4. The zero-order chi connectivity index (χ0) is 34.8. The predicted molar refractivity (Wildman–Crippen MR) is 186 cm³/mol. The Labute approximate surface area is 305 Å². The molecule has 2 saturated carbocycles. The highest BCUT2D eigenvalue weighted by atomic mass is 35.5. The average molecular weight is 765 g/mol. The Kier molecular flexibility index (Phi) is 15.0. The van der Waals surface area contributed by atoms with Crippen LogP contribution in [0.4, 0.5) is 0 Å². The van der Waals surface area contributed by atoms with Crippen LogP contribution in [0.1, 0.15) is 116 Å². The molecule has 0 heterocycles. The highest BCUT2D eigenvalue weighted by Crippen LogP contribution is 2.41. The van der Waals surface area contributed by atoms with Gasteiger partial charge in [-0.05, 0) is 62.1 Å². The average Bonchev–Trinajstić information content (AvgIpc) is 3.77. The molecular weight excluding hydrogens is 726 g/mol. The first-order chi connectivity index (χ1) is 23.0. The molecule has 2 aromatic carbocycles. The van der Waals surface area contributed by atoms with Crippen molar-refractivity contribution in [2.75, 3.05) is 13.2 Å². The number of esters is 4. The molecule has 0 amide bonds. The number of carbonyl (C=O) groups is 4.